The maximum Gasteiger partial charge on any atom is 0.0524 e. The van der Waals surface area contributed by atoms with Crippen molar-refractivity contribution in [3.8, 4) is 0 Å². The van der Waals surface area contributed by atoms with Crippen LogP contribution >= 0.6 is 0 Å². The van der Waals surface area contributed by atoms with Gasteiger partial charge < -0.3 is 5.11 Å². The average Bonchev–Trinajstić information content (AvgIpc) is 2.05. The third kappa shape index (κ3) is 1.64. The zero-order chi connectivity index (χ0) is 8.32. The first kappa shape index (κ1) is 8.79. The van der Waals surface area contributed by atoms with E-state index in [4.69, 9.17) is 0 Å². The lowest BCUT2D eigenvalue weighted by Crippen LogP contribution is -2.28. The predicted molar refractivity (Wildman–Crippen MR) is 47.4 cm³/mol. The molecule has 0 atom stereocenters. The fourth-order valence-corrected chi connectivity index (χ4v) is 1.95. The first-order valence-corrected chi connectivity index (χ1v) is 4.48. The summed E-state index contributed by atoms with van der Waals surface area (Å²) in [6.45, 7) is 6.30. The minimum atomic E-state index is 0.0816. The Bertz CT molecular complexity index is 143. The predicted octanol–water partition coefficient (Wildman–Crippen LogP) is 2.51. The van der Waals surface area contributed by atoms with Gasteiger partial charge in [-0.05, 0) is 19.8 Å². The number of hydrogen-bond acceptors (Lipinski definition) is 1. The van der Waals surface area contributed by atoms with Crippen LogP contribution in [-0.2, 0) is 0 Å². The van der Waals surface area contributed by atoms with Crippen LogP contribution in [0.4, 0.5) is 0 Å². The van der Waals surface area contributed by atoms with Gasteiger partial charge in [0.05, 0.1) is 6.61 Å². The van der Waals surface area contributed by atoms with Crippen LogP contribution in [0.2, 0.25) is 0 Å². The van der Waals surface area contributed by atoms with Crippen molar-refractivity contribution in [1.29, 1.82) is 0 Å². The van der Waals surface area contributed by atoms with Gasteiger partial charge in [-0.1, -0.05) is 31.4 Å². The van der Waals surface area contributed by atoms with Gasteiger partial charge in [0, 0.05) is 5.41 Å². The molecule has 0 aliphatic heterocycles. The van der Waals surface area contributed by atoms with E-state index in [0.717, 1.165) is 12.8 Å². The van der Waals surface area contributed by atoms with Crippen molar-refractivity contribution in [3.05, 3.63) is 12.2 Å². The maximum atomic E-state index is 9.25. The average molecular weight is 154 g/mol. The molecule has 0 amide bonds. The van der Waals surface area contributed by atoms with Crippen molar-refractivity contribution in [1.82, 2.24) is 0 Å². The molecule has 0 bridgehead atoms. The van der Waals surface area contributed by atoms with E-state index in [-0.39, 0.29) is 5.41 Å². The van der Waals surface area contributed by atoms with Gasteiger partial charge in [-0.3, -0.25) is 0 Å². The minimum Gasteiger partial charge on any atom is -0.395 e. The highest BCUT2D eigenvalue weighted by Gasteiger charge is 2.31. The minimum absolute atomic E-state index is 0.0816. The molecular formula is C10H18O. The Balaban J connectivity index is 2.64. The first-order valence-electron chi connectivity index (χ1n) is 4.48. The molecule has 1 heteroatoms. The molecule has 1 nitrogen and oxygen atoms in total. The topological polar surface area (TPSA) is 20.2 Å². The second kappa shape index (κ2) is 3.40. The third-order valence-electron chi connectivity index (χ3n) is 3.02. The summed E-state index contributed by atoms with van der Waals surface area (Å²) in [5, 5.41) is 9.25. The van der Waals surface area contributed by atoms with Crippen molar-refractivity contribution in [2.24, 2.45) is 5.41 Å². The van der Waals surface area contributed by atoms with Crippen LogP contribution in [0.5, 0.6) is 0 Å². The summed E-state index contributed by atoms with van der Waals surface area (Å²) >= 11 is 0. The van der Waals surface area contributed by atoms with E-state index in [2.05, 4.69) is 6.58 Å². The van der Waals surface area contributed by atoms with E-state index >= 15 is 0 Å². The van der Waals surface area contributed by atoms with E-state index in [9.17, 15) is 5.11 Å². The number of aliphatic hydroxyl groups excluding tert-OH is 1. The highest BCUT2D eigenvalue weighted by molar-refractivity contribution is 5.08. The molecule has 64 valence electrons. The molecule has 1 rings (SSSR count). The molecule has 1 N–H and O–H groups in total. The standard InChI is InChI=1S/C10H18O/c1-9(2)10(8-11)6-4-3-5-7-10/h11H,1,3-8H2,2H3. The molecule has 1 saturated carbocycles. The fraction of sp³-hybridized carbons (Fsp3) is 0.800. The van der Waals surface area contributed by atoms with E-state index in [0.29, 0.717) is 6.61 Å². The van der Waals surface area contributed by atoms with E-state index in [1.165, 1.54) is 24.8 Å². The van der Waals surface area contributed by atoms with Crippen LogP contribution in [0, 0.1) is 5.41 Å². The molecule has 0 heterocycles. The molecule has 0 aromatic rings. The Morgan fingerprint density at radius 1 is 1.36 bits per heavy atom. The van der Waals surface area contributed by atoms with E-state index < -0.39 is 0 Å². The molecular weight excluding hydrogens is 136 g/mol. The van der Waals surface area contributed by atoms with Crippen LogP contribution < -0.4 is 0 Å². The SMILES string of the molecule is C=C(C)C1(CO)CCCCC1. The molecule has 1 aliphatic carbocycles. The summed E-state index contributed by atoms with van der Waals surface area (Å²) in [5.74, 6) is 0. The lowest BCUT2D eigenvalue weighted by atomic mass is 9.70. The summed E-state index contributed by atoms with van der Waals surface area (Å²) in [6.07, 6.45) is 6.12. The van der Waals surface area contributed by atoms with Crippen molar-refractivity contribution in [3.63, 3.8) is 0 Å². The summed E-state index contributed by atoms with van der Waals surface area (Å²) < 4.78 is 0. The van der Waals surface area contributed by atoms with Crippen LogP contribution in [0.3, 0.4) is 0 Å². The van der Waals surface area contributed by atoms with Gasteiger partial charge in [0.25, 0.3) is 0 Å². The van der Waals surface area contributed by atoms with Crippen LogP contribution in [0.15, 0.2) is 12.2 Å². The number of rotatable bonds is 2. The zero-order valence-corrected chi connectivity index (χ0v) is 7.40. The Morgan fingerprint density at radius 3 is 2.18 bits per heavy atom. The molecule has 0 aromatic heterocycles. The van der Waals surface area contributed by atoms with Gasteiger partial charge in [0.1, 0.15) is 0 Å². The van der Waals surface area contributed by atoms with Gasteiger partial charge in [-0.2, -0.15) is 0 Å². The monoisotopic (exact) mass is 154 g/mol. The fourth-order valence-electron chi connectivity index (χ4n) is 1.95. The molecule has 0 spiro atoms. The first-order chi connectivity index (χ1) is 5.21. The third-order valence-corrected chi connectivity index (χ3v) is 3.02. The lowest BCUT2D eigenvalue weighted by molar-refractivity contribution is 0.117. The van der Waals surface area contributed by atoms with Crippen molar-refractivity contribution < 1.29 is 5.11 Å². The second-order valence-corrected chi connectivity index (χ2v) is 3.78. The van der Waals surface area contributed by atoms with Crippen LogP contribution in [0.1, 0.15) is 39.0 Å². The van der Waals surface area contributed by atoms with Gasteiger partial charge in [-0.25, -0.2) is 0 Å². The summed E-state index contributed by atoms with van der Waals surface area (Å²) in [6, 6.07) is 0. The van der Waals surface area contributed by atoms with Gasteiger partial charge >= 0.3 is 0 Å². The molecule has 1 fully saturated rings. The van der Waals surface area contributed by atoms with Gasteiger partial charge in [0.2, 0.25) is 0 Å². The summed E-state index contributed by atoms with van der Waals surface area (Å²) in [7, 11) is 0. The van der Waals surface area contributed by atoms with Crippen LogP contribution in [-0.4, -0.2) is 11.7 Å². The lowest BCUT2D eigenvalue weighted by Gasteiger charge is -2.36. The molecule has 0 saturated heterocycles. The number of hydrogen-bond donors (Lipinski definition) is 1. The van der Waals surface area contributed by atoms with Gasteiger partial charge in [-0.15, -0.1) is 0 Å². The molecule has 0 radical (unpaired) electrons. The van der Waals surface area contributed by atoms with E-state index in [1.54, 1.807) is 0 Å². The second-order valence-electron chi connectivity index (χ2n) is 3.78. The molecule has 0 unspecified atom stereocenters. The highest BCUT2D eigenvalue weighted by atomic mass is 16.3. The van der Waals surface area contributed by atoms with Crippen molar-refractivity contribution in [2.75, 3.05) is 6.61 Å². The molecule has 11 heavy (non-hydrogen) atoms. The molecule has 1 aliphatic rings. The normalized spacial score (nSPS) is 23.1. The molecule has 0 aromatic carbocycles. The Kier molecular flexibility index (Phi) is 2.72. The summed E-state index contributed by atoms with van der Waals surface area (Å²) in [4.78, 5) is 0. The Labute approximate surface area is 69.1 Å². The highest BCUT2D eigenvalue weighted by Crippen LogP contribution is 2.40. The van der Waals surface area contributed by atoms with Crippen LogP contribution in [0.25, 0.3) is 0 Å². The smallest absolute Gasteiger partial charge is 0.0524 e. The largest absolute Gasteiger partial charge is 0.395 e. The maximum absolute atomic E-state index is 9.25. The Hall–Kier alpha value is -0.300. The number of aliphatic hydroxyl groups is 1. The van der Waals surface area contributed by atoms with E-state index in [1.807, 2.05) is 6.92 Å². The quantitative estimate of drug-likeness (QED) is 0.606. The van der Waals surface area contributed by atoms with Crippen molar-refractivity contribution >= 4 is 0 Å². The Morgan fingerprint density at radius 2 is 1.91 bits per heavy atom. The summed E-state index contributed by atoms with van der Waals surface area (Å²) in [5.41, 5.74) is 1.25. The zero-order valence-electron chi connectivity index (χ0n) is 7.40. The van der Waals surface area contributed by atoms with Crippen molar-refractivity contribution in [2.45, 2.75) is 39.0 Å². The van der Waals surface area contributed by atoms with Gasteiger partial charge in [0.15, 0.2) is 0 Å².